The first-order valence-corrected chi connectivity index (χ1v) is 7.18. The van der Waals surface area contributed by atoms with E-state index >= 15 is 0 Å². The van der Waals surface area contributed by atoms with Gasteiger partial charge in [-0.05, 0) is 25.3 Å². The van der Waals surface area contributed by atoms with E-state index in [1.807, 2.05) is 13.0 Å². The van der Waals surface area contributed by atoms with Crippen LogP contribution in [0.2, 0.25) is 0 Å². The van der Waals surface area contributed by atoms with Crippen molar-refractivity contribution in [2.24, 2.45) is 10.8 Å². The Bertz CT molecular complexity index is 469. The SMILES string of the molecule is CC1=CC2OC3C(O)CC(C)(C2(C)CC1O)C31CO1. The summed E-state index contributed by atoms with van der Waals surface area (Å²) in [6.45, 7) is 7.01. The summed E-state index contributed by atoms with van der Waals surface area (Å²) < 4.78 is 12.0. The molecule has 0 aromatic carbocycles. The molecule has 2 aliphatic carbocycles. The first kappa shape index (κ1) is 12.3. The number of rotatable bonds is 0. The second kappa shape index (κ2) is 3.25. The lowest BCUT2D eigenvalue weighted by Gasteiger charge is -2.57. The van der Waals surface area contributed by atoms with Crippen LogP contribution >= 0.6 is 0 Å². The van der Waals surface area contributed by atoms with Crippen LogP contribution < -0.4 is 0 Å². The van der Waals surface area contributed by atoms with Crippen LogP contribution in [0, 0.1) is 10.8 Å². The van der Waals surface area contributed by atoms with Crippen molar-refractivity contribution in [1.82, 2.24) is 0 Å². The van der Waals surface area contributed by atoms with E-state index in [-0.39, 0.29) is 28.6 Å². The molecule has 1 spiro atoms. The van der Waals surface area contributed by atoms with Crippen molar-refractivity contribution in [2.45, 2.75) is 63.6 Å². The zero-order chi connectivity index (χ0) is 13.6. The van der Waals surface area contributed by atoms with E-state index in [0.29, 0.717) is 19.4 Å². The zero-order valence-corrected chi connectivity index (χ0v) is 11.7. The summed E-state index contributed by atoms with van der Waals surface area (Å²) in [7, 11) is 0. The van der Waals surface area contributed by atoms with Crippen LogP contribution in [0.5, 0.6) is 0 Å². The molecule has 4 rings (SSSR count). The number of aliphatic hydroxyl groups is 2. The van der Waals surface area contributed by atoms with Gasteiger partial charge >= 0.3 is 0 Å². The van der Waals surface area contributed by atoms with Gasteiger partial charge in [0.15, 0.2) is 0 Å². The Morgan fingerprint density at radius 2 is 1.95 bits per heavy atom. The van der Waals surface area contributed by atoms with Gasteiger partial charge in [0.25, 0.3) is 0 Å². The Kier molecular flexibility index (Phi) is 2.11. The van der Waals surface area contributed by atoms with Crippen LogP contribution in [0.1, 0.15) is 33.6 Å². The molecule has 1 saturated carbocycles. The van der Waals surface area contributed by atoms with Crippen molar-refractivity contribution in [2.75, 3.05) is 6.61 Å². The molecule has 2 heterocycles. The second-order valence-electron chi connectivity index (χ2n) is 7.31. The van der Waals surface area contributed by atoms with E-state index in [4.69, 9.17) is 9.47 Å². The lowest BCUT2D eigenvalue weighted by Crippen LogP contribution is -2.62. The molecule has 2 aliphatic heterocycles. The minimum atomic E-state index is -0.458. The van der Waals surface area contributed by atoms with Gasteiger partial charge in [-0.25, -0.2) is 0 Å². The smallest absolute Gasteiger partial charge is 0.126 e. The van der Waals surface area contributed by atoms with E-state index in [1.54, 1.807) is 0 Å². The van der Waals surface area contributed by atoms with Gasteiger partial charge in [-0.3, -0.25) is 0 Å². The Labute approximate surface area is 113 Å². The lowest BCUT2D eigenvalue weighted by molar-refractivity contribution is -0.204. The fraction of sp³-hybridized carbons (Fsp3) is 0.867. The average molecular weight is 266 g/mol. The number of aliphatic hydroxyl groups excluding tert-OH is 2. The molecule has 4 aliphatic rings. The maximum Gasteiger partial charge on any atom is 0.126 e. The largest absolute Gasteiger partial charge is 0.390 e. The Hall–Kier alpha value is -0.420. The van der Waals surface area contributed by atoms with Crippen LogP contribution in [0.4, 0.5) is 0 Å². The highest BCUT2D eigenvalue weighted by molar-refractivity contribution is 5.32. The predicted octanol–water partition coefficient (Wildman–Crippen LogP) is 1.01. The number of epoxide rings is 1. The van der Waals surface area contributed by atoms with Crippen molar-refractivity contribution in [3.8, 4) is 0 Å². The molecule has 4 heteroatoms. The number of hydrogen-bond acceptors (Lipinski definition) is 4. The lowest BCUT2D eigenvalue weighted by atomic mass is 9.52. The van der Waals surface area contributed by atoms with Crippen LogP contribution in [-0.4, -0.2) is 46.8 Å². The van der Waals surface area contributed by atoms with E-state index in [0.717, 1.165) is 5.57 Å². The maximum atomic E-state index is 10.3. The molecule has 0 radical (unpaired) electrons. The topological polar surface area (TPSA) is 62.2 Å². The van der Waals surface area contributed by atoms with Crippen LogP contribution in [0.3, 0.4) is 0 Å². The Morgan fingerprint density at radius 1 is 1.26 bits per heavy atom. The molecule has 4 nitrogen and oxygen atoms in total. The summed E-state index contributed by atoms with van der Waals surface area (Å²) in [4.78, 5) is 0. The highest BCUT2D eigenvalue weighted by Crippen LogP contribution is 2.71. The summed E-state index contributed by atoms with van der Waals surface area (Å²) in [6.07, 6.45) is 2.32. The minimum Gasteiger partial charge on any atom is -0.390 e. The predicted molar refractivity (Wildman–Crippen MR) is 68.6 cm³/mol. The minimum absolute atomic E-state index is 0.0297. The van der Waals surface area contributed by atoms with Gasteiger partial charge in [0.1, 0.15) is 11.7 Å². The van der Waals surface area contributed by atoms with Gasteiger partial charge in [0.2, 0.25) is 0 Å². The monoisotopic (exact) mass is 266 g/mol. The van der Waals surface area contributed by atoms with Crippen LogP contribution in [0.25, 0.3) is 0 Å². The van der Waals surface area contributed by atoms with Gasteiger partial charge in [0, 0.05) is 10.8 Å². The molecule has 19 heavy (non-hydrogen) atoms. The maximum absolute atomic E-state index is 10.3. The quantitative estimate of drug-likeness (QED) is 0.507. The number of fused-ring (bicyclic) bond motifs is 2. The van der Waals surface area contributed by atoms with E-state index in [9.17, 15) is 10.2 Å². The van der Waals surface area contributed by atoms with Crippen molar-refractivity contribution in [3.63, 3.8) is 0 Å². The van der Waals surface area contributed by atoms with Gasteiger partial charge in [0.05, 0.1) is 24.9 Å². The second-order valence-corrected chi connectivity index (χ2v) is 7.31. The molecule has 2 N–H and O–H groups in total. The summed E-state index contributed by atoms with van der Waals surface area (Å²) >= 11 is 0. The van der Waals surface area contributed by atoms with E-state index in [1.165, 1.54) is 0 Å². The van der Waals surface area contributed by atoms with Crippen molar-refractivity contribution >= 4 is 0 Å². The molecule has 3 fully saturated rings. The average Bonchev–Trinajstić information content (AvgIpc) is 3.08. The summed E-state index contributed by atoms with van der Waals surface area (Å²) in [5.41, 5.74) is 0.338. The highest BCUT2D eigenvalue weighted by Gasteiger charge is 2.80. The Balaban J connectivity index is 1.86. The normalized spacial score (nSPS) is 62.9. The van der Waals surface area contributed by atoms with Gasteiger partial charge in [-0.2, -0.15) is 0 Å². The van der Waals surface area contributed by atoms with E-state index < -0.39 is 12.2 Å². The molecule has 2 saturated heterocycles. The van der Waals surface area contributed by atoms with Gasteiger partial charge in [-0.15, -0.1) is 0 Å². The molecule has 0 amide bonds. The fourth-order valence-corrected chi connectivity index (χ4v) is 4.90. The molecule has 0 aromatic rings. The number of ether oxygens (including phenoxy) is 2. The third kappa shape index (κ3) is 1.16. The molecule has 7 unspecified atom stereocenters. The molecular weight excluding hydrogens is 244 g/mol. The first-order chi connectivity index (χ1) is 8.84. The fourth-order valence-electron chi connectivity index (χ4n) is 4.90. The van der Waals surface area contributed by atoms with Crippen LogP contribution in [-0.2, 0) is 9.47 Å². The van der Waals surface area contributed by atoms with E-state index in [2.05, 4.69) is 13.8 Å². The zero-order valence-electron chi connectivity index (χ0n) is 11.7. The summed E-state index contributed by atoms with van der Waals surface area (Å²) in [6, 6.07) is 0. The third-order valence-electron chi connectivity index (χ3n) is 6.55. The molecular formula is C15H22O4. The van der Waals surface area contributed by atoms with Crippen molar-refractivity contribution < 1.29 is 19.7 Å². The highest BCUT2D eigenvalue weighted by atomic mass is 16.6. The van der Waals surface area contributed by atoms with Gasteiger partial charge in [-0.1, -0.05) is 19.9 Å². The van der Waals surface area contributed by atoms with Crippen molar-refractivity contribution in [1.29, 1.82) is 0 Å². The molecule has 2 bridgehead atoms. The molecule has 0 aromatic heterocycles. The molecule has 106 valence electrons. The Morgan fingerprint density at radius 3 is 2.58 bits per heavy atom. The summed E-state index contributed by atoms with van der Waals surface area (Å²) in [5.74, 6) is 0. The van der Waals surface area contributed by atoms with Crippen LogP contribution in [0.15, 0.2) is 11.6 Å². The van der Waals surface area contributed by atoms with Crippen molar-refractivity contribution in [3.05, 3.63) is 11.6 Å². The van der Waals surface area contributed by atoms with Gasteiger partial charge < -0.3 is 19.7 Å². The molecule has 7 atom stereocenters. The number of hydrogen-bond donors (Lipinski definition) is 2. The third-order valence-corrected chi connectivity index (χ3v) is 6.55. The summed E-state index contributed by atoms with van der Waals surface area (Å²) in [5, 5.41) is 20.6. The first-order valence-electron chi connectivity index (χ1n) is 7.18. The standard InChI is InChI=1S/C15H22O4/c1-8-4-11-13(2,5-9(8)16)14(3)6-10(17)12(19-11)15(14)7-18-15/h4,9-12,16-17H,5-7H2,1-3H3.